The number of carbonyl (C=O) groups excluding carboxylic acids is 3. The zero-order chi connectivity index (χ0) is 17.4. The van der Waals surface area contributed by atoms with Crippen molar-refractivity contribution in [3.05, 3.63) is 46.5 Å². The van der Waals surface area contributed by atoms with Gasteiger partial charge >= 0.3 is 5.97 Å². The van der Waals surface area contributed by atoms with Crippen LogP contribution in [0.4, 0.5) is 0 Å². The third-order valence-electron chi connectivity index (χ3n) is 4.54. The maximum atomic E-state index is 12.7. The van der Waals surface area contributed by atoms with Crippen molar-refractivity contribution >= 4 is 17.8 Å². The molecule has 0 saturated carbocycles. The summed E-state index contributed by atoms with van der Waals surface area (Å²) in [6.45, 7) is 3.16. The van der Waals surface area contributed by atoms with Crippen molar-refractivity contribution in [1.29, 1.82) is 0 Å². The number of hydrogen-bond acceptors (Lipinski definition) is 4. The minimum absolute atomic E-state index is 0.334. The van der Waals surface area contributed by atoms with Gasteiger partial charge in [-0.2, -0.15) is 0 Å². The van der Waals surface area contributed by atoms with E-state index in [0.29, 0.717) is 29.5 Å². The lowest BCUT2D eigenvalue weighted by Gasteiger charge is -2.35. The Bertz CT molecular complexity index is 780. The van der Waals surface area contributed by atoms with E-state index in [1.165, 1.54) is 11.8 Å². The highest BCUT2D eigenvalue weighted by molar-refractivity contribution is 6.21. The quantitative estimate of drug-likeness (QED) is 0.476. The SMILES string of the molecule is C#CC1=C(C)[C@@H](N2C(=O)c3ccccc3C2=O)C[C@H](OC(C)=O)C1. The average Bonchev–Trinajstić information content (AvgIpc) is 2.80. The molecule has 0 radical (unpaired) electrons. The summed E-state index contributed by atoms with van der Waals surface area (Å²) in [6, 6.07) is 6.24. The maximum absolute atomic E-state index is 12.7. The van der Waals surface area contributed by atoms with Gasteiger partial charge in [-0.15, -0.1) is 6.42 Å². The van der Waals surface area contributed by atoms with Crippen LogP contribution in [0.2, 0.25) is 0 Å². The van der Waals surface area contributed by atoms with Crippen LogP contribution in [0.15, 0.2) is 35.4 Å². The van der Waals surface area contributed by atoms with E-state index in [2.05, 4.69) is 5.92 Å². The lowest BCUT2D eigenvalue weighted by atomic mass is 9.86. The van der Waals surface area contributed by atoms with Crippen molar-refractivity contribution < 1.29 is 19.1 Å². The van der Waals surface area contributed by atoms with Gasteiger partial charge in [-0.1, -0.05) is 18.1 Å². The van der Waals surface area contributed by atoms with Crippen molar-refractivity contribution in [3.63, 3.8) is 0 Å². The van der Waals surface area contributed by atoms with E-state index in [4.69, 9.17) is 11.2 Å². The molecular weight excluding hydrogens is 306 g/mol. The summed E-state index contributed by atoms with van der Waals surface area (Å²) in [5.41, 5.74) is 2.27. The number of fused-ring (bicyclic) bond motifs is 1. The molecule has 0 aromatic heterocycles. The largest absolute Gasteiger partial charge is 0.462 e. The molecule has 122 valence electrons. The molecule has 3 rings (SSSR count). The van der Waals surface area contributed by atoms with Gasteiger partial charge < -0.3 is 4.74 Å². The molecular formula is C19H17NO4. The van der Waals surface area contributed by atoms with Crippen LogP contribution in [0.5, 0.6) is 0 Å². The number of ether oxygens (including phenoxy) is 1. The Morgan fingerprint density at radius 1 is 1.25 bits per heavy atom. The Labute approximate surface area is 140 Å². The molecule has 1 aromatic rings. The molecule has 2 atom stereocenters. The van der Waals surface area contributed by atoms with Gasteiger partial charge in [-0.25, -0.2) is 0 Å². The normalized spacial score (nSPS) is 23.1. The van der Waals surface area contributed by atoms with Crippen LogP contribution in [0.1, 0.15) is 47.4 Å². The predicted octanol–water partition coefficient (Wildman–Crippen LogP) is 2.33. The Kier molecular flexibility index (Phi) is 3.98. The van der Waals surface area contributed by atoms with Gasteiger partial charge in [0.1, 0.15) is 6.10 Å². The van der Waals surface area contributed by atoms with Gasteiger partial charge in [-0.3, -0.25) is 19.3 Å². The molecule has 5 heteroatoms. The smallest absolute Gasteiger partial charge is 0.302 e. The van der Waals surface area contributed by atoms with Crippen molar-refractivity contribution in [2.24, 2.45) is 0 Å². The Balaban J connectivity index is 1.99. The topological polar surface area (TPSA) is 63.7 Å². The molecule has 1 aliphatic carbocycles. The molecule has 1 aromatic carbocycles. The Morgan fingerprint density at radius 2 is 1.83 bits per heavy atom. The summed E-state index contributed by atoms with van der Waals surface area (Å²) < 4.78 is 5.29. The standard InChI is InChI=1S/C19H17NO4/c1-4-13-9-14(24-12(3)21)10-17(11(13)2)20-18(22)15-7-5-6-8-16(15)19(20)23/h1,5-8,14,17H,9-10H2,2-3H3/t14-,17+/m1/s1. The van der Waals surface area contributed by atoms with Crippen LogP contribution in [-0.2, 0) is 9.53 Å². The minimum Gasteiger partial charge on any atom is -0.462 e. The number of benzene rings is 1. The second-order valence-electron chi connectivity index (χ2n) is 6.02. The number of terminal acetylenes is 1. The highest BCUT2D eigenvalue weighted by Gasteiger charge is 2.43. The number of nitrogens with zero attached hydrogens (tertiary/aromatic N) is 1. The maximum Gasteiger partial charge on any atom is 0.302 e. The molecule has 1 heterocycles. The Hall–Kier alpha value is -2.87. The molecule has 1 aliphatic heterocycles. The van der Waals surface area contributed by atoms with Gasteiger partial charge in [0.05, 0.1) is 17.2 Å². The molecule has 2 amide bonds. The molecule has 5 nitrogen and oxygen atoms in total. The molecule has 0 unspecified atom stereocenters. The van der Waals surface area contributed by atoms with Crippen LogP contribution in [0.25, 0.3) is 0 Å². The highest BCUT2D eigenvalue weighted by Crippen LogP contribution is 2.35. The number of carbonyl (C=O) groups is 3. The zero-order valence-corrected chi connectivity index (χ0v) is 13.5. The van der Waals surface area contributed by atoms with Crippen molar-refractivity contribution in [1.82, 2.24) is 4.90 Å². The van der Waals surface area contributed by atoms with E-state index in [0.717, 1.165) is 5.57 Å². The molecule has 0 N–H and O–H groups in total. The van der Waals surface area contributed by atoms with Crippen LogP contribution >= 0.6 is 0 Å². The number of imide groups is 1. The average molecular weight is 323 g/mol. The van der Waals surface area contributed by atoms with Crippen LogP contribution in [0, 0.1) is 12.3 Å². The zero-order valence-electron chi connectivity index (χ0n) is 13.5. The monoisotopic (exact) mass is 323 g/mol. The minimum atomic E-state index is -0.499. The summed E-state index contributed by atoms with van der Waals surface area (Å²) in [6.07, 6.45) is 5.92. The summed E-state index contributed by atoms with van der Waals surface area (Å²) in [5.74, 6) is 1.53. The molecule has 0 bridgehead atoms. The van der Waals surface area contributed by atoms with Crippen molar-refractivity contribution in [3.8, 4) is 12.3 Å². The van der Waals surface area contributed by atoms with E-state index < -0.39 is 18.1 Å². The van der Waals surface area contributed by atoms with Crippen LogP contribution < -0.4 is 0 Å². The highest BCUT2D eigenvalue weighted by atomic mass is 16.5. The molecule has 0 saturated heterocycles. The van der Waals surface area contributed by atoms with E-state index in [1.54, 1.807) is 24.3 Å². The van der Waals surface area contributed by atoms with Gasteiger partial charge in [0.2, 0.25) is 0 Å². The van der Waals surface area contributed by atoms with E-state index in [-0.39, 0.29) is 11.8 Å². The third-order valence-corrected chi connectivity index (χ3v) is 4.54. The number of esters is 1. The molecule has 24 heavy (non-hydrogen) atoms. The molecule has 0 spiro atoms. The lowest BCUT2D eigenvalue weighted by molar-refractivity contribution is -0.147. The number of amides is 2. The second kappa shape index (κ2) is 5.97. The molecule has 2 aliphatic rings. The van der Waals surface area contributed by atoms with E-state index >= 15 is 0 Å². The van der Waals surface area contributed by atoms with Crippen LogP contribution in [-0.4, -0.2) is 34.8 Å². The first-order valence-corrected chi connectivity index (χ1v) is 7.74. The summed E-state index contributed by atoms with van der Waals surface area (Å²) in [7, 11) is 0. The number of hydrogen-bond donors (Lipinski definition) is 0. The summed E-state index contributed by atoms with van der Waals surface area (Å²) in [4.78, 5) is 37.9. The fraction of sp³-hybridized carbons (Fsp3) is 0.316. The first-order valence-electron chi connectivity index (χ1n) is 7.74. The molecule has 0 fully saturated rings. The lowest BCUT2D eigenvalue weighted by Crippen LogP contribution is -2.45. The van der Waals surface area contributed by atoms with Gasteiger partial charge in [0.25, 0.3) is 11.8 Å². The summed E-state index contributed by atoms with van der Waals surface area (Å²) in [5, 5.41) is 0. The summed E-state index contributed by atoms with van der Waals surface area (Å²) >= 11 is 0. The van der Waals surface area contributed by atoms with Gasteiger partial charge in [0.15, 0.2) is 0 Å². The first kappa shape index (κ1) is 16.0. The van der Waals surface area contributed by atoms with Gasteiger partial charge in [0, 0.05) is 25.3 Å². The predicted molar refractivity (Wildman–Crippen MR) is 87.1 cm³/mol. The van der Waals surface area contributed by atoms with Crippen molar-refractivity contribution in [2.75, 3.05) is 0 Å². The number of rotatable bonds is 2. The fourth-order valence-corrected chi connectivity index (χ4v) is 3.39. The Morgan fingerprint density at radius 3 is 2.33 bits per heavy atom. The third kappa shape index (κ3) is 2.50. The van der Waals surface area contributed by atoms with E-state index in [9.17, 15) is 14.4 Å². The fourth-order valence-electron chi connectivity index (χ4n) is 3.39. The first-order chi connectivity index (χ1) is 11.4. The van der Waals surface area contributed by atoms with Crippen LogP contribution in [0.3, 0.4) is 0 Å². The van der Waals surface area contributed by atoms with Crippen molar-refractivity contribution in [2.45, 2.75) is 38.8 Å². The van der Waals surface area contributed by atoms with Gasteiger partial charge in [-0.05, 0) is 24.6 Å². The van der Waals surface area contributed by atoms with E-state index in [1.807, 2.05) is 6.92 Å². The second-order valence-corrected chi connectivity index (χ2v) is 6.02.